The summed E-state index contributed by atoms with van der Waals surface area (Å²) in [5.74, 6) is 2.09. The summed E-state index contributed by atoms with van der Waals surface area (Å²) in [5.41, 5.74) is 0.345. The Hall–Kier alpha value is -0.540. The fraction of sp³-hybridized carbons (Fsp3) is 0.615. The van der Waals surface area contributed by atoms with E-state index in [1.54, 1.807) is 0 Å². The van der Waals surface area contributed by atoms with E-state index in [0.29, 0.717) is 5.54 Å². The molecule has 0 radical (unpaired) electrons. The molecule has 0 spiro atoms. The average Bonchev–Trinajstić information content (AvgIpc) is 2.15. The topological polar surface area (TPSA) is 16.1 Å². The third-order valence-corrected chi connectivity index (χ3v) is 4.28. The standard InChI is InChI=1S/C13H20N2S/c1-13(2,3)15-8-11(9-15)10-16-12-4-6-14-7-5-12/h4-7,11H,8-10H2,1-3H3. The molecule has 16 heavy (non-hydrogen) atoms. The van der Waals surface area contributed by atoms with Crippen LogP contribution < -0.4 is 0 Å². The van der Waals surface area contributed by atoms with Gasteiger partial charge in [-0.25, -0.2) is 0 Å². The minimum atomic E-state index is 0.345. The highest BCUT2D eigenvalue weighted by Gasteiger charge is 2.33. The molecule has 2 heterocycles. The average molecular weight is 236 g/mol. The Morgan fingerprint density at radius 2 is 1.94 bits per heavy atom. The van der Waals surface area contributed by atoms with E-state index >= 15 is 0 Å². The van der Waals surface area contributed by atoms with Gasteiger partial charge in [0.2, 0.25) is 0 Å². The largest absolute Gasteiger partial charge is 0.298 e. The van der Waals surface area contributed by atoms with E-state index in [0.717, 1.165) is 5.92 Å². The first-order chi connectivity index (χ1) is 7.55. The lowest BCUT2D eigenvalue weighted by molar-refractivity contribution is 0.0245. The fourth-order valence-corrected chi connectivity index (χ4v) is 2.82. The molecule has 0 saturated carbocycles. The summed E-state index contributed by atoms with van der Waals surface area (Å²) in [6.07, 6.45) is 3.73. The van der Waals surface area contributed by atoms with Crippen molar-refractivity contribution in [2.75, 3.05) is 18.8 Å². The molecule has 0 aromatic carbocycles. The van der Waals surface area contributed by atoms with Crippen molar-refractivity contribution in [3.63, 3.8) is 0 Å². The van der Waals surface area contributed by atoms with E-state index < -0.39 is 0 Å². The highest BCUT2D eigenvalue weighted by molar-refractivity contribution is 7.99. The number of hydrogen-bond donors (Lipinski definition) is 0. The molecule has 88 valence electrons. The lowest BCUT2D eigenvalue weighted by atomic mass is 9.94. The second-order valence-electron chi connectivity index (χ2n) is 5.44. The summed E-state index contributed by atoms with van der Waals surface area (Å²) >= 11 is 1.95. The zero-order valence-electron chi connectivity index (χ0n) is 10.3. The predicted octanol–water partition coefficient (Wildman–Crippen LogP) is 2.90. The Balaban J connectivity index is 1.71. The summed E-state index contributed by atoms with van der Waals surface area (Å²) < 4.78 is 0. The molecule has 1 fully saturated rings. The number of likely N-dealkylation sites (tertiary alicyclic amines) is 1. The molecule has 2 rings (SSSR count). The second kappa shape index (κ2) is 4.76. The van der Waals surface area contributed by atoms with Crippen LogP contribution in [0.25, 0.3) is 0 Å². The van der Waals surface area contributed by atoms with E-state index in [1.165, 1.54) is 23.7 Å². The van der Waals surface area contributed by atoms with Gasteiger partial charge in [0.05, 0.1) is 0 Å². The van der Waals surface area contributed by atoms with Crippen LogP contribution in [0, 0.1) is 5.92 Å². The van der Waals surface area contributed by atoms with Crippen LogP contribution in [-0.4, -0.2) is 34.3 Å². The molecule has 0 unspecified atom stereocenters. The number of thioether (sulfide) groups is 1. The van der Waals surface area contributed by atoms with Crippen LogP contribution in [0.1, 0.15) is 20.8 Å². The third-order valence-electron chi connectivity index (χ3n) is 3.04. The summed E-state index contributed by atoms with van der Waals surface area (Å²) in [6, 6.07) is 4.18. The normalized spacial score (nSPS) is 18.4. The van der Waals surface area contributed by atoms with E-state index in [2.05, 4.69) is 42.8 Å². The lowest BCUT2D eigenvalue weighted by Gasteiger charge is -2.47. The first kappa shape index (κ1) is 11.9. The molecule has 0 atom stereocenters. The van der Waals surface area contributed by atoms with Gasteiger partial charge in [0.15, 0.2) is 0 Å². The van der Waals surface area contributed by atoms with Gasteiger partial charge >= 0.3 is 0 Å². The number of hydrogen-bond acceptors (Lipinski definition) is 3. The summed E-state index contributed by atoms with van der Waals surface area (Å²) in [4.78, 5) is 7.91. The highest BCUT2D eigenvalue weighted by atomic mass is 32.2. The predicted molar refractivity (Wildman–Crippen MR) is 69.8 cm³/mol. The van der Waals surface area contributed by atoms with Gasteiger partial charge in [0.25, 0.3) is 0 Å². The minimum Gasteiger partial charge on any atom is -0.298 e. The Bertz CT molecular complexity index is 326. The molecule has 1 saturated heterocycles. The maximum atomic E-state index is 4.03. The maximum Gasteiger partial charge on any atom is 0.0278 e. The van der Waals surface area contributed by atoms with E-state index in [-0.39, 0.29) is 0 Å². The zero-order chi connectivity index (χ0) is 11.6. The van der Waals surface area contributed by atoms with Crippen molar-refractivity contribution in [2.24, 2.45) is 5.92 Å². The van der Waals surface area contributed by atoms with Crippen LogP contribution in [-0.2, 0) is 0 Å². The first-order valence-electron chi connectivity index (χ1n) is 5.83. The summed E-state index contributed by atoms with van der Waals surface area (Å²) in [5, 5.41) is 0. The molecule has 2 nitrogen and oxygen atoms in total. The van der Waals surface area contributed by atoms with Crippen molar-refractivity contribution in [1.82, 2.24) is 9.88 Å². The van der Waals surface area contributed by atoms with Gasteiger partial charge in [0, 0.05) is 41.7 Å². The Morgan fingerprint density at radius 3 is 2.50 bits per heavy atom. The van der Waals surface area contributed by atoms with Crippen LogP contribution in [0.2, 0.25) is 0 Å². The van der Waals surface area contributed by atoms with E-state index in [9.17, 15) is 0 Å². The second-order valence-corrected chi connectivity index (χ2v) is 6.53. The Morgan fingerprint density at radius 1 is 1.31 bits per heavy atom. The van der Waals surface area contributed by atoms with Gasteiger partial charge in [-0.05, 0) is 38.8 Å². The molecule has 0 bridgehead atoms. The quantitative estimate of drug-likeness (QED) is 0.751. The summed E-state index contributed by atoms with van der Waals surface area (Å²) in [6.45, 7) is 9.38. The molecule has 1 aromatic heterocycles. The number of aromatic nitrogens is 1. The zero-order valence-corrected chi connectivity index (χ0v) is 11.1. The van der Waals surface area contributed by atoms with Crippen LogP contribution in [0.15, 0.2) is 29.4 Å². The van der Waals surface area contributed by atoms with Gasteiger partial charge < -0.3 is 0 Å². The Kier molecular flexibility index (Phi) is 3.55. The molecule has 0 aliphatic carbocycles. The number of pyridine rings is 1. The molecule has 0 N–H and O–H groups in total. The third kappa shape index (κ3) is 2.98. The summed E-state index contributed by atoms with van der Waals surface area (Å²) in [7, 11) is 0. The van der Waals surface area contributed by atoms with Gasteiger partial charge in [-0.2, -0.15) is 0 Å². The van der Waals surface area contributed by atoms with Crippen molar-refractivity contribution in [1.29, 1.82) is 0 Å². The van der Waals surface area contributed by atoms with Crippen molar-refractivity contribution < 1.29 is 0 Å². The fourth-order valence-electron chi connectivity index (χ4n) is 1.87. The van der Waals surface area contributed by atoms with Crippen LogP contribution in [0.5, 0.6) is 0 Å². The van der Waals surface area contributed by atoms with Gasteiger partial charge in [0.1, 0.15) is 0 Å². The lowest BCUT2D eigenvalue weighted by Crippen LogP contribution is -2.56. The van der Waals surface area contributed by atoms with Gasteiger partial charge in [-0.1, -0.05) is 0 Å². The number of rotatable bonds is 3. The smallest absolute Gasteiger partial charge is 0.0278 e. The molecular formula is C13H20N2S. The monoisotopic (exact) mass is 236 g/mol. The van der Waals surface area contributed by atoms with Gasteiger partial charge in [-0.15, -0.1) is 11.8 Å². The van der Waals surface area contributed by atoms with Crippen molar-refractivity contribution in [3.8, 4) is 0 Å². The number of nitrogens with zero attached hydrogens (tertiary/aromatic N) is 2. The Labute approximate surface area is 102 Å². The highest BCUT2D eigenvalue weighted by Crippen LogP contribution is 2.29. The van der Waals surface area contributed by atoms with Crippen LogP contribution >= 0.6 is 11.8 Å². The maximum absolute atomic E-state index is 4.03. The molecule has 1 aromatic rings. The molecule has 1 aliphatic heterocycles. The molecule has 3 heteroatoms. The molecular weight excluding hydrogens is 216 g/mol. The van der Waals surface area contributed by atoms with Crippen LogP contribution in [0.4, 0.5) is 0 Å². The van der Waals surface area contributed by atoms with Crippen molar-refractivity contribution in [3.05, 3.63) is 24.5 Å². The molecule has 0 amide bonds. The van der Waals surface area contributed by atoms with E-state index in [4.69, 9.17) is 0 Å². The first-order valence-corrected chi connectivity index (χ1v) is 6.82. The molecule has 1 aliphatic rings. The van der Waals surface area contributed by atoms with Gasteiger partial charge in [-0.3, -0.25) is 9.88 Å². The van der Waals surface area contributed by atoms with E-state index in [1.807, 2.05) is 24.2 Å². The van der Waals surface area contributed by atoms with Crippen LogP contribution in [0.3, 0.4) is 0 Å². The van der Waals surface area contributed by atoms with Crippen molar-refractivity contribution in [2.45, 2.75) is 31.2 Å². The minimum absolute atomic E-state index is 0.345. The van der Waals surface area contributed by atoms with Crippen molar-refractivity contribution >= 4 is 11.8 Å². The SMILES string of the molecule is CC(C)(C)N1CC(CSc2ccncc2)C1.